The van der Waals surface area contributed by atoms with Gasteiger partial charge in [-0.15, -0.1) is 11.3 Å². The number of aromatic nitrogens is 3. The number of nitrogens with zero attached hydrogens (tertiary/aromatic N) is 3. The van der Waals surface area contributed by atoms with Crippen molar-refractivity contribution in [2.24, 2.45) is 5.84 Å². The Balaban J connectivity index is 1.85. The zero-order valence-electron chi connectivity index (χ0n) is 11.1. The molecule has 0 spiro atoms. The summed E-state index contributed by atoms with van der Waals surface area (Å²) >= 11 is 1.80. The van der Waals surface area contributed by atoms with Gasteiger partial charge in [0.05, 0.1) is 13.2 Å². The van der Waals surface area contributed by atoms with Crippen molar-refractivity contribution in [3.05, 3.63) is 21.9 Å². The second-order valence-electron chi connectivity index (χ2n) is 4.50. The number of hydrogen-bond acceptors (Lipinski definition) is 8. The second kappa shape index (κ2) is 5.59. The third-order valence-electron chi connectivity index (χ3n) is 3.28. The van der Waals surface area contributed by atoms with Crippen molar-refractivity contribution in [3.63, 3.8) is 0 Å². The maximum absolute atomic E-state index is 5.35. The van der Waals surface area contributed by atoms with Crippen LogP contribution in [0.2, 0.25) is 0 Å². The lowest BCUT2D eigenvalue weighted by atomic mass is 9.94. The Morgan fingerprint density at radius 1 is 1.35 bits per heavy atom. The number of hydrazine groups is 1. The molecule has 1 atom stereocenters. The summed E-state index contributed by atoms with van der Waals surface area (Å²) in [5.74, 6) is 6.10. The number of thiophene rings is 1. The van der Waals surface area contributed by atoms with Crippen LogP contribution in [0.5, 0.6) is 6.01 Å². The summed E-state index contributed by atoms with van der Waals surface area (Å²) in [4.78, 5) is 13.8. The van der Waals surface area contributed by atoms with Crippen LogP contribution in [0.4, 0.5) is 11.9 Å². The van der Waals surface area contributed by atoms with Crippen molar-refractivity contribution in [1.82, 2.24) is 15.0 Å². The van der Waals surface area contributed by atoms with Crippen molar-refractivity contribution >= 4 is 23.2 Å². The molecule has 0 radical (unpaired) electrons. The Morgan fingerprint density at radius 2 is 2.20 bits per heavy atom. The summed E-state index contributed by atoms with van der Waals surface area (Å²) in [5.41, 5.74) is 3.75. The molecule has 4 N–H and O–H groups in total. The predicted molar refractivity (Wildman–Crippen MR) is 77.8 cm³/mol. The lowest BCUT2D eigenvalue weighted by molar-refractivity contribution is 0.379. The number of aryl methyl sites for hydroxylation is 1. The second-order valence-corrected chi connectivity index (χ2v) is 5.50. The van der Waals surface area contributed by atoms with Crippen molar-refractivity contribution in [1.29, 1.82) is 0 Å². The standard InChI is InChI=1S/C12H16N6OS/c1-19-12-16-10(15-11(17-12)18-13)14-8-3-2-4-9-7(8)5-6-20-9/h5-6,8H,2-4,13H2,1H3,(H2,14,15,16,17,18). The van der Waals surface area contributed by atoms with Gasteiger partial charge in [0.25, 0.3) is 0 Å². The highest BCUT2D eigenvalue weighted by atomic mass is 32.1. The van der Waals surface area contributed by atoms with Gasteiger partial charge in [0, 0.05) is 4.88 Å². The first-order valence-corrected chi connectivity index (χ1v) is 7.27. The minimum absolute atomic E-state index is 0.225. The summed E-state index contributed by atoms with van der Waals surface area (Å²) in [6.45, 7) is 0. The SMILES string of the molecule is COc1nc(NN)nc(NC2CCCc3sccc32)n1. The highest BCUT2D eigenvalue weighted by Gasteiger charge is 2.22. The Kier molecular flexibility index (Phi) is 3.66. The van der Waals surface area contributed by atoms with Crippen LogP contribution in [0.3, 0.4) is 0 Å². The third-order valence-corrected chi connectivity index (χ3v) is 4.28. The Hall–Kier alpha value is -1.93. The smallest absolute Gasteiger partial charge is 0.322 e. The number of hydrogen-bond donors (Lipinski definition) is 3. The van der Waals surface area contributed by atoms with E-state index in [0.29, 0.717) is 5.95 Å². The largest absolute Gasteiger partial charge is 0.467 e. The molecular formula is C12H16N6OS. The molecule has 2 heterocycles. The van der Waals surface area contributed by atoms with Gasteiger partial charge in [0.15, 0.2) is 0 Å². The van der Waals surface area contributed by atoms with Crippen LogP contribution in [0.1, 0.15) is 29.3 Å². The molecule has 0 bridgehead atoms. The molecule has 2 aromatic rings. The van der Waals surface area contributed by atoms with Crippen LogP contribution in [-0.4, -0.2) is 22.1 Å². The molecule has 1 aliphatic rings. The number of nitrogen functional groups attached to an aromatic ring is 1. The lowest BCUT2D eigenvalue weighted by Gasteiger charge is -2.23. The first-order chi connectivity index (χ1) is 9.80. The first-order valence-electron chi connectivity index (χ1n) is 6.39. The van der Waals surface area contributed by atoms with Crippen LogP contribution < -0.4 is 21.3 Å². The van der Waals surface area contributed by atoms with Gasteiger partial charge in [-0.25, -0.2) is 5.84 Å². The maximum atomic E-state index is 5.35. The van der Waals surface area contributed by atoms with Gasteiger partial charge >= 0.3 is 6.01 Å². The van der Waals surface area contributed by atoms with Gasteiger partial charge in [-0.3, -0.25) is 5.43 Å². The fourth-order valence-corrected chi connectivity index (χ4v) is 3.36. The topological polar surface area (TPSA) is 98.0 Å². The Morgan fingerprint density at radius 3 is 3.00 bits per heavy atom. The highest BCUT2D eigenvalue weighted by Crippen LogP contribution is 2.35. The summed E-state index contributed by atoms with van der Waals surface area (Å²) in [6.07, 6.45) is 3.37. The number of ether oxygens (including phenoxy) is 1. The summed E-state index contributed by atoms with van der Waals surface area (Å²) in [5, 5.41) is 5.47. The van der Waals surface area contributed by atoms with Gasteiger partial charge in [0.2, 0.25) is 11.9 Å². The molecule has 1 aliphatic carbocycles. The van der Waals surface area contributed by atoms with E-state index in [1.54, 1.807) is 11.3 Å². The van der Waals surface area contributed by atoms with Crippen molar-refractivity contribution in [2.45, 2.75) is 25.3 Å². The highest BCUT2D eigenvalue weighted by molar-refractivity contribution is 7.10. The van der Waals surface area contributed by atoms with Crippen LogP contribution in [0, 0.1) is 0 Å². The van der Waals surface area contributed by atoms with Crippen LogP contribution in [0.15, 0.2) is 11.4 Å². The van der Waals surface area contributed by atoms with Crippen LogP contribution >= 0.6 is 11.3 Å². The molecule has 3 rings (SSSR count). The lowest BCUT2D eigenvalue weighted by Crippen LogP contribution is -2.19. The molecule has 0 saturated carbocycles. The van der Waals surface area contributed by atoms with Crippen molar-refractivity contribution in [2.75, 3.05) is 17.9 Å². The normalized spacial score (nSPS) is 17.4. The molecule has 0 aliphatic heterocycles. The molecule has 2 aromatic heterocycles. The average Bonchev–Trinajstić information content (AvgIpc) is 2.96. The minimum Gasteiger partial charge on any atom is -0.467 e. The fourth-order valence-electron chi connectivity index (χ4n) is 2.37. The van der Waals surface area contributed by atoms with Gasteiger partial charge in [-0.05, 0) is 36.3 Å². The molecule has 1 unspecified atom stereocenters. The quantitative estimate of drug-likeness (QED) is 0.583. The van der Waals surface area contributed by atoms with E-state index in [-0.39, 0.29) is 18.0 Å². The fraction of sp³-hybridized carbons (Fsp3) is 0.417. The van der Waals surface area contributed by atoms with Gasteiger partial charge in [-0.2, -0.15) is 15.0 Å². The number of anilines is 2. The zero-order chi connectivity index (χ0) is 13.9. The summed E-state index contributed by atoms with van der Waals surface area (Å²) in [7, 11) is 1.51. The van der Waals surface area contributed by atoms with E-state index >= 15 is 0 Å². The van der Waals surface area contributed by atoms with Crippen molar-refractivity contribution in [3.8, 4) is 6.01 Å². The van der Waals surface area contributed by atoms with Crippen LogP contribution in [0.25, 0.3) is 0 Å². The number of methoxy groups -OCH3 is 1. The first kappa shape index (κ1) is 13.1. The van der Waals surface area contributed by atoms with Crippen LogP contribution in [-0.2, 0) is 6.42 Å². The summed E-state index contributed by atoms with van der Waals surface area (Å²) < 4.78 is 5.05. The molecule has 106 valence electrons. The van der Waals surface area contributed by atoms with Gasteiger partial charge in [0.1, 0.15) is 0 Å². The Labute approximate surface area is 120 Å². The van der Waals surface area contributed by atoms with Crippen molar-refractivity contribution < 1.29 is 4.74 Å². The van der Waals surface area contributed by atoms with E-state index in [4.69, 9.17) is 10.6 Å². The number of rotatable bonds is 4. The molecule has 8 heteroatoms. The zero-order valence-corrected chi connectivity index (χ0v) is 11.9. The van der Waals surface area contributed by atoms with E-state index in [1.165, 1.54) is 17.6 Å². The average molecular weight is 292 g/mol. The molecule has 0 amide bonds. The maximum Gasteiger partial charge on any atom is 0.322 e. The molecule has 0 fully saturated rings. The summed E-state index contributed by atoms with van der Waals surface area (Å²) in [6, 6.07) is 2.62. The molecular weight excluding hydrogens is 276 g/mol. The predicted octanol–water partition coefficient (Wildman–Crippen LogP) is 1.72. The molecule has 0 saturated heterocycles. The monoisotopic (exact) mass is 292 g/mol. The van der Waals surface area contributed by atoms with E-state index in [1.807, 2.05) is 0 Å². The van der Waals surface area contributed by atoms with E-state index in [9.17, 15) is 0 Å². The van der Waals surface area contributed by atoms with E-state index < -0.39 is 0 Å². The molecule has 20 heavy (non-hydrogen) atoms. The Bertz CT molecular complexity index is 579. The number of nitrogens with two attached hydrogens (primary N) is 1. The molecule has 0 aromatic carbocycles. The number of nitrogens with one attached hydrogen (secondary N) is 2. The van der Waals surface area contributed by atoms with Gasteiger partial charge < -0.3 is 10.1 Å². The van der Waals surface area contributed by atoms with Gasteiger partial charge in [-0.1, -0.05) is 0 Å². The minimum atomic E-state index is 0.225. The third kappa shape index (κ3) is 2.52. The number of fused-ring (bicyclic) bond motifs is 1. The van der Waals surface area contributed by atoms with E-state index in [2.05, 4.69) is 37.1 Å². The molecule has 7 nitrogen and oxygen atoms in total. The van der Waals surface area contributed by atoms with E-state index in [0.717, 1.165) is 19.3 Å².